The highest BCUT2D eigenvalue weighted by atomic mass is 16.5. The Hall–Kier alpha value is -3.35. The first-order valence-electron chi connectivity index (χ1n) is 9.08. The lowest BCUT2D eigenvalue weighted by Crippen LogP contribution is -2.29. The average molecular weight is 383 g/mol. The second-order valence-corrected chi connectivity index (χ2v) is 6.38. The van der Waals surface area contributed by atoms with Crippen molar-refractivity contribution in [3.63, 3.8) is 0 Å². The first kappa shape index (κ1) is 21.0. The van der Waals surface area contributed by atoms with Gasteiger partial charge in [0.2, 0.25) is 0 Å². The van der Waals surface area contributed by atoms with Crippen LogP contribution in [-0.4, -0.2) is 38.5 Å². The van der Waals surface area contributed by atoms with E-state index in [1.165, 1.54) is 0 Å². The zero-order chi connectivity index (χ0) is 20.5. The molecule has 0 aliphatic carbocycles. The van der Waals surface area contributed by atoms with Crippen LogP contribution in [0.1, 0.15) is 30.1 Å². The molecule has 0 radical (unpaired) electrons. The molecule has 0 fully saturated rings. The van der Waals surface area contributed by atoms with Gasteiger partial charge >= 0.3 is 17.8 Å². The summed E-state index contributed by atoms with van der Waals surface area (Å²) in [6.45, 7) is 2.30. The number of unbranched alkanes of at least 4 members (excludes halogenated alkanes) is 1. The fourth-order valence-corrected chi connectivity index (χ4v) is 2.37. The minimum absolute atomic E-state index is 0.204. The van der Waals surface area contributed by atoms with Crippen molar-refractivity contribution in [1.29, 1.82) is 0 Å². The lowest BCUT2D eigenvalue weighted by Gasteiger charge is -2.13. The van der Waals surface area contributed by atoms with E-state index in [-0.39, 0.29) is 11.3 Å². The molecule has 2 amide bonds. The van der Waals surface area contributed by atoms with Gasteiger partial charge in [-0.2, -0.15) is 0 Å². The second kappa shape index (κ2) is 10.1. The Morgan fingerprint density at radius 1 is 0.929 bits per heavy atom. The molecule has 2 aromatic carbocycles. The van der Waals surface area contributed by atoms with Crippen LogP contribution in [0.4, 0.5) is 17.1 Å². The number of benzene rings is 2. The highest BCUT2D eigenvalue weighted by molar-refractivity contribution is 6.43. The predicted octanol–water partition coefficient (Wildman–Crippen LogP) is 3.29. The number of hydrogen-bond acceptors (Lipinski definition) is 5. The second-order valence-electron chi connectivity index (χ2n) is 6.38. The molecule has 148 valence electrons. The molecule has 0 spiro atoms. The van der Waals surface area contributed by atoms with Crippen molar-refractivity contribution in [1.82, 2.24) is 0 Å². The minimum Gasteiger partial charge on any atom is -0.462 e. The summed E-state index contributed by atoms with van der Waals surface area (Å²) in [7, 11) is 3.82. The van der Waals surface area contributed by atoms with Crippen LogP contribution in [0.25, 0.3) is 0 Å². The van der Waals surface area contributed by atoms with Crippen LogP contribution in [0, 0.1) is 0 Å². The van der Waals surface area contributed by atoms with E-state index in [1.807, 2.05) is 38.1 Å². The molecule has 0 saturated heterocycles. The van der Waals surface area contributed by atoms with Gasteiger partial charge in [-0.15, -0.1) is 0 Å². The van der Waals surface area contributed by atoms with Crippen LogP contribution in [-0.2, 0) is 14.3 Å². The van der Waals surface area contributed by atoms with Crippen LogP contribution < -0.4 is 15.5 Å². The third-order valence-electron chi connectivity index (χ3n) is 3.97. The average Bonchev–Trinajstić information content (AvgIpc) is 2.68. The molecule has 0 saturated carbocycles. The normalized spacial score (nSPS) is 10.1. The van der Waals surface area contributed by atoms with Gasteiger partial charge in [0, 0.05) is 25.5 Å². The van der Waals surface area contributed by atoms with Crippen molar-refractivity contribution in [2.75, 3.05) is 36.2 Å². The van der Waals surface area contributed by atoms with Gasteiger partial charge in [0.15, 0.2) is 0 Å². The lowest BCUT2D eigenvalue weighted by molar-refractivity contribution is -0.133. The molecule has 7 heteroatoms. The highest BCUT2D eigenvalue weighted by Crippen LogP contribution is 2.18. The van der Waals surface area contributed by atoms with Crippen molar-refractivity contribution in [3.8, 4) is 0 Å². The van der Waals surface area contributed by atoms with Crippen molar-refractivity contribution in [2.24, 2.45) is 0 Å². The summed E-state index contributed by atoms with van der Waals surface area (Å²) < 4.78 is 5.18. The van der Waals surface area contributed by atoms with Crippen molar-refractivity contribution in [3.05, 3.63) is 54.1 Å². The fraction of sp³-hybridized carbons (Fsp3) is 0.286. The topological polar surface area (TPSA) is 87.7 Å². The smallest absolute Gasteiger partial charge is 0.340 e. The lowest BCUT2D eigenvalue weighted by atomic mass is 10.1. The van der Waals surface area contributed by atoms with E-state index < -0.39 is 17.8 Å². The number of para-hydroxylation sites is 1. The summed E-state index contributed by atoms with van der Waals surface area (Å²) in [5, 5.41) is 5.00. The van der Waals surface area contributed by atoms with E-state index in [2.05, 4.69) is 10.6 Å². The zero-order valence-electron chi connectivity index (χ0n) is 16.3. The monoisotopic (exact) mass is 383 g/mol. The van der Waals surface area contributed by atoms with E-state index in [9.17, 15) is 14.4 Å². The molecule has 0 aliphatic rings. The van der Waals surface area contributed by atoms with E-state index in [0.29, 0.717) is 12.3 Å². The Morgan fingerprint density at radius 3 is 2.21 bits per heavy atom. The van der Waals surface area contributed by atoms with Gasteiger partial charge in [0.1, 0.15) is 0 Å². The van der Waals surface area contributed by atoms with Crippen molar-refractivity contribution >= 4 is 34.8 Å². The number of hydrogen-bond donors (Lipinski definition) is 2. The Bertz CT molecular complexity index is 832. The van der Waals surface area contributed by atoms with Gasteiger partial charge in [-0.25, -0.2) is 4.79 Å². The Kier molecular flexibility index (Phi) is 7.56. The number of rotatable bonds is 7. The molecule has 0 atom stereocenters. The molecule has 0 aromatic heterocycles. The highest BCUT2D eigenvalue weighted by Gasteiger charge is 2.18. The number of amides is 2. The summed E-state index contributed by atoms with van der Waals surface area (Å²) in [6.07, 6.45) is 1.66. The summed E-state index contributed by atoms with van der Waals surface area (Å²) >= 11 is 0. The largest absolute Gasteiger partial charge is 0.462 e. The predicted molar refractivity (Wildman–Crippen MR) is 110 cm³/mol. The zero-order valence-corrected chi connectivity index (χ0v) is 16.3. The number of esters is 1. The quantitative estimate of drug-likeness (QED) is 0.435. The van der Waals surface area contributed by atoms with Crippen LogP contribution in [0.3, 0.4) is 0 Å². The van der Waals surface area contributed by atoms with Crippen LogP contribution in [0.5, 0.6) is 0 Å². The van der Waals surface area contributed by atoms with E-state index in [1.54, 1.807) is 36.4 Å². The Balaban J connectivity index is 2.02. The molecule has 0 bridgehead atoms. The van der Waals surface area contributed by atoms with Gasteiger partial charge in [0.05, 0.1) is 17.9 Å². The molecular weight excluding hydrogens is 358 g/mol. The molecule has 2 N–H and O–H groups in total. The van der Waals surface area contributed by atoms with E-state index in [0.717, 1.165) is 18.5 Å². The Labute approximate surface area is 164 Å². The van der Waals surface area contributed by atoms with Gasteiger partial charge in [-0.05, 0) is 42.8 Å². The third kappa shape index (κ3) is 5.84. The maximum atomic E-state index is 12.2. The van der Waals surface area contributed by atoms with Gasteiger partial charge in [-0.1, -0.05) is 25.5 Å². The molecule has 0 aliphatic heterocycles. The summed E-state index contributed by atoms with van der Waals surface area (Å²) in [6, 6.07) is 13.5. The van der Waals surface area contributed by atoms with E-state index >= 15 is 0 Å². The molecule has 2 aromatic rings. The Morgan fingerprint density at radius 2 is 1.57 bits per heavy atom. The number of nitrogens with one attached hydrogen (secondary N) is 2. The number of carbonyl (C=O) groups excluding carboxylic acids is 3. The molecule has 2 rings (SSSR count). The number of carbonyl (C=O) groups is 3. The summed E-state index contributed by atoms with van der Waals surface area (Å²) in [4.78, 5) is 38.5. The number of ether oxygens (including phenoxy) is 1. The van der Waals surface area contributed by atoms with Crippen LogP contribution in [0.15, 0.2) is 48.5 Å². The van der Waals surface area contributed by atoms with Crippen molar-refractivity contribution < 1.29 is 19.1 Å². The summed E-state index contributed by atoms with van der Waals surface area (Å²) in [5.74, 6) is -2.23. The molecule has 7 nitrogen and oxygen atoms in total. The molecule has 28 heavy (non-hydrogen) atoms. The van der Waals surface area contributed by atoms with Crippen LogP contribution >= 0.6 is 0 Å². The maximum absolute atomic E-state index is 12.2. The van der Waals surface area contributed by atoms with Crippen LogP contribution in [0.2, 0.25) is 0 Å². The van der Waals surface area contributed by atoms with E-state index in [4.69, 9.17) is 4.74 Å². The molecule has 0 unspecified atom stereocenters. The maximum Gasteiger partial charge on any atom is 0.340 e. The standard InChI is InChI=1S/C21H25N3O4/c1-4-5-14-28-21(27)17-8-6-7-9-18(17)23-20(26)19(25)22-15-10-12-16(13-11-15)24(2)3/h6-13H,4-5,14H2,1-3H3,(H,22,25)(H,23,26). The minimum atomic E-state index is -0.870. The van der Waals surface area contributed by atoms with Gasteiger partial charge < -0.3 is 20.3 Å². The SMILES string of the molecule is CCCCOC(=O)c1ccccc1NC(=O)C(=O)Nc1ccc(N(C)C)cc1. The number of nitrogens with zero attached hydrogens (tertiary/aromatic N) is 1. The number of anilines is 3. The first-order valence-corrected chi connectivity index (χ1v) is 9.08. The molecular formula is C21H25N3O4. The van der Waals surface area contributed by atoms with Gasteiger partial charge in [-0.3, -0.25) is 9.59 Å². The third-order valence-corrected chi connectivity index (χ3v) is 3.97. The van der Waals surface area contributed by atoms with Crippen molar-refractivity contribution in [2.45, 2.75) is 19.8 Å². The fourth-order valence-electron chi connectivity index (χ4n) is 2.37. The van der Waals surface area contributed by atoms with Gasteiger partial charge in [0.25, 0.3) is 0 Å². The summed E-state index contributed by atoms with van der Waals surface area (Å²) in [5.41, 5.74) is 1.90. The first-order chi connectivity index (χ1) is 13.4. The molecule has 0 heterocycles.